The Kier molecular flexibility index (Phi) is 5.33. The van der Waals surface area contributed by atoms with Gasteiger partial charge in [-0.25, -0.2) is 13.1 Å². The Labute approximate surface area is 137 Å². The second-order valence-corrected chi connectivity index (χ2v) is 6.95. The van der Waals surface area contributed by atoms with Crippen molar-refractivity contribution in [3.63, 3.8) is 0 Å². The quantitative estimate of drug-likeness (QED) is 0.876. The lowest BCUT2D eigenvalue weighted by Crippen LogP contribution is -2.26. The van der Waals surface area contributed by atoms with Crippen molar-refractivity contribution in [3.05, 3.63) is 64.7 Å². The van der Waals surface area contributed by atoms with E-state index in [1.807, 2.05) is 30.3 Å². The second kappa shape index (κ2) is 6.90. The highest BCUT2D eigenvalue weighted by molar-refractivity contribution is 7.89. The monoisotopic (exact) mass is 363 g/mol. The van der Waals surface area contributed by atoms with Crippen LogP contribution in [0.1, 0.15) is 11.1 Å². The highest BCUT2D eigenvalue weighted by Gasteiger charge is 2.34. The van der Waals surface area contributed by atoms with Crippen LogP contribution in [0.2, 0.25) is 5.02 Å². The summed E-state index contributed by atoms with van der Waals surface area (Å²) in [7, 11) is -4.04. The minimum atomic E-state index is -4.72. The van der Waals surface area contributed by atoms with Crippen molar-refractivity contribution >= 4 is 21.6 Å². The minimum Gasteiger partial charge on any atom is -0.211 e. The molecule has 0 saturated heterocycles. The van der Waals surface area contributed by atoms with E-state index < -0.39 is 31.7 Å². The third-order valence-corrected chi connectivity index (χ3v) is 4.89. The lowest BCUT2D eigenvalue weighted by Gasteiger charge is -2.12. The van der Waals surface area contributed by atoms with Crippen LogP contribution in [0.4, 0.5) is 13.2 Å². The Hall–Kier alpha value is -1.57. The lowest BCUT2D eigenvalue weighted by atomic mass is 10.2. The van der Waals surface area contributed by atoms with Crippen molar-refractivity contribution in [3.8, 4) is 0 Å². The second-order valence-electron chi connectivity index (χ2n) is 4.77. The lowest BCUT2D eigenvalue weighted by molar-refractivity contribution is -0.137. The van der Waals surface area contributed by atoms with Crippen molar-refractivity contribution < 1.29 is 21.6 Å². The van der Waals surface area contributed by atoms with Crippen LogP contribution < -0.4 is 4.72 Å². The molecule has 0 aliphatic carbocycles. The van der Waals surface area contributed by atoms with Crippen LogP contribution in [0.3, 0.4) is 0 Å². The molecule has 0 aliphatic rings. The Bertz CT molecular complexity index is 777. The molecule has 0 aromatic heterocycles. The number of rotatable bonds is 5. The molecule has 0 heterocycles. The van der Waals surface area contributed by atoms with Gasteiger partial charge < -0.3 is 0 Å². The van der Waals surface area contributed by atoms with Gasteiger partial charge in [0.2, 0.25) is 10.0 Å². The molecule has 0 amide bonds. The zero-order valence-corrected chi connectivity index (χ0v) is 13.3. The van der Waals surface area contributed by atoms with Gasteiger partial charge in [0.25, 0.3) is 0 Å². The van der Waals surface area contributed by atoms with Gasteiger partial charge in [-0.15, -0.1) is 0 Å². The van der Waals surface area contributed by atoms with Gasteiger partial charge in [-0.2, -0.15) is 13.2 Å². The van der Waals surface area contributed by atoms with Crippen LogP contribution in [0.25, 0.3) is 0 Å². The normalized spacial score (nSPS) is 12.3. The summed E-state index contributed by atoms with van der Waals surface area (Å²) >= 11 is 5.48. The molecule has 0 aliphatic heterocycles. The van der Waals surface area contributed by atoms with Crippen LogP contribution in [-0.4, -0.2) is 15.0 Å². The van der Waals surface area contributed by atoms with Gasteiger partial charge in [-0.3, -0.25) is 0 Å². The molecule has 0 bridgehead atoms. The molecule has 124 valence electrons. The van der Waals surface area contributed by atoms with E-state index in [1.165, 1.54) is 0 Å². The van der Waals surface area contributed by atoms with Crippen LogP contribution in [0.15, 0.2) is 53.4 Å². The fraction of sp³-hybridized carbons (Fsp3) is 0.200. The Morgan fingerprint density at radius 1 is 1.04 bits per heavy atom. The maximum Gasteiger partial charge on any atom is 0.417 e. The van der Waals surface area contributed by atoms with Gasteiger partial charge >= 0.3 is 6.18 Å². The molecule has 0 radical (unpaired) electrons. The summed E-state index contributed by atoms with van der Waals surface area (Å²) in [5, 5.41) is -0.541. The third kappa shape index (κ3) is 4.70. The molecular weight excluding hydrogens is 351 g/mol. The summed E-state index contributed by atoms with van der Waals surface area (Å²) in [5.41, 5.74) is -0.257. The van der Waals surface area contributed by atoms with Gasteiger partial charge in [0.15, 0.2) is 0 Å². The fourth-order valence-corrected chi connectivity index (χ4v) is 3.23. The van der Waals surface area contributed by atoms with E-state index in [1.54, 1.807) is 0 Å². The molecule has 8 heteroatoms. The number of hydrogen-bond acceptors (Lipinski definition) is 2. The third-order valence-electron chi connectivity index (χ3n) is 3.10. The summed E-state index contributed by atoms with van der Waals surface area (Å²) in [5.74, 6) is 0. The van der Waals surface area contributed by atoms with Gasteiger partial charge in [0.05, 0.1) is 15.5 Å². The number of nitrogens with one attached hydrogen (secondary N) is 1. The van der Waals surface area contributed by atoms with E-state index in [9.17, 15) is 21.6 Å². The fourth-order valence-electron chi connectivity index (χ4n) is 1.95. The Morgan fingerprint density at radius 3 is 2.30 bits per heavy atom. The minimum absolute atomic E-state index is 0.0797. The predicted octanol–water partition coefficient (Wildman–Crippen LogP) is 3.88. The first-order chi connectivity index (χ1) is 10.7. The summed E-state index contributed by atoms with van der Waals surface area (Å²) < 4.78 is 64.8. The SMILES string of the molecule is O=S(=O)(NCCc1ccccc1)c1ccc(Cl)c(C(F)(F)F)c1. The number of halogens is 4. The van der Waals surface area contributed by atoms with Crippen molar-refractivity contribution in [2.24, 2.45) is 0 Å². The molecule has 0 unspecified atom stereocenters. The van der Waals surface area contributed by atoms with Gasteiger partial charge in [0, 0.05) is 6.54 Å². The van der Waals surface area contributed by atoms with E-state index in [4.69, 9.17) is 11.6 Å². The van der Waals surface area contributed by atoms with Gasteiger partial charge in [-0.1, -0.05) is 41.9 Å². The summed E-state index contributed by atoms with van der Waals surface area (Å²) in [6, 6.07) is 11.6. The standard InChI is InChI=1S/C15H13ClF3NO2S/c16-14-7-6-12(10-13(14)15(17,18)19)23(21,22)20-9-8-11-4-2-1-3-5-11/h1-7,10,20H,8-9H2. The highest BCUT2D eigenvalue weighted by atomic mass is 35.5. The van der Waals surface area contributed by atoms with E-state index in [-0.39, 0.29) is 6.54 Å². The predicted molar refractivity (Wildman–Crippen MR) is 81.8 cm³/mol. The van der Waals surface area contributed by atoms with Crippen molar-refractivity contribution in [2.75, 3.05) is 6.54 Å². The molecule has 2 rings (SSSR count). The Morgan fingerprint density at radius 2 is 1.70 bits per heavy atom. The first kappa shape index (κ1) is 17.8. The topological polar surface area (TPSA) is 46.2 Å². The number of alkyl halides is 3. The highest BCUT2D eigenvalue weighted by Crippen LogP contribution is 2.35. The summed E-state index contributed by atoms with van der Waals surface area (Å²) in [6.45, 7) is 0.0797. The number of hydrogen-bond donors (Lipinski definition) is 1. The van der Waals surface area contributed by atoms with Crippen molar-refractivity contribution in [1.29, 1.82) is 0 Å². The average Bonchev–Trinajstić information content (AvgIpc) is 2.47. The first-order valence-corrected chi connectivity index (χ1v) is 8.46. The molecule has 1 N–H and O–H groups in total. The van der Waals surface area contributed by atoms with Crippen LogP contribution in [0, 0.1) is 0 Å². The summed E-state index contributed by atoms with van der Waals surface area (Å²) in [6.07, 6.45) is -4.29. The van der Waals surface area contributed by atoms with Crippen LogP contribution in [0.5, 0.6) is 0 Å². The Balaban J connectivity index is 2.13. The van der Waals surface area contributed by atoms with Gasteiger partial charge in [0.1, 0.15) is 0 Å². The maximum absolute atomic E-state index is 12.8. The maximum atomic E-state index is 12.8. The smallest absolute Gasteiger partial charge is 0.211 e. The molecule has 0 atom stereocenters. The number of benzene rings is 2. The molecule has 0 spiro atoms. The zero-order valence-electron chi connectivity index (χ0n) is 11.8. The molecule has 0 saturated carbocycles. The van der Waals surface area contributed by atoms with Crippen LogP contribution in [-0.2, 0) is 22.6 Å². The molecule has 2 aromatic rings. The van der Waals surface area contributed by atoms with E-state index >= 15 is 0 Å². The van der Waals surface area contributed by atoms with Crippen LogP contribution >= 0.6 is 11.6 Å². The van der Waals surface area contributed by atoms with Gasteiger partial charge in [-0.05, 0) is 30.2 Å². The number of sulfonamides is 1. The largest absolute Gasteiger partial charge is 0.417 e. The molecule has 3 nitrogen and oxygen atoms in total. The zero-order chi connectivity index (χ0) is 17.1. The molecule has 0 fully saturated rings. The molecule has 2 aromatic carbocycles. The average molecular weight is 364 g/mol. The molecular formula is C15H13ClF3NO2S. The summed E-state index contributed by atoms with van der Waals surface area (Å²) in [4.78, 5) is -0.470. The van der Waals surface area contributed by atoms with E-state index in [0.29, 0.717) is 12.5 Å². The van der Waals surface area contributed by atoms with Crippen molar-refractivity contribution in [2.45, 2.75) is 17.5 Å². The van der Waals surface area contributed by atoms with E-state index in [2.05, 4.69) is 4.72 Å². The first-order valence-electron chi connectivity index (χ1n) is 6.60. The van der Waals surface area contributed by atoms with E-state index in [0.717, 1.165) is 17.7 Å². The molecule has 23 heavy (non-hydrogen) atoms. The van der Waals surface area contributed by atoms with Crippen molar-refractivity contribution in [1.82, 2.24) is 4.72 Å².